The van der Waals surface area contributed by atoms with Gasteiger partial charge in [-0.1, -0.05) is 30.3 Å². The van der Waals surface area contributed by atoms with Gasteiger partial charge >= 0.3 is 11.9 Å². The number of rotatable bonds is 6. The largest absolute Gasteiger partial charge is 0.466 e. The van der Waals surface area contributed by atoms with Gasteiger partial charge in [0.25, 0.3) is 0 Å². The summed E-state index contributed by atoms with van der Waals surface area (Å²) in [5.41, 5.74) is 3.04. The summed E-state index contributed by atoms with van der Waals surface area (Å²) in [7, 11) is 2.63. The molecule has 0 spiro atoms. The second-order valence-corrected chi connectivity index (χ2v) is 9.16. The lowest BCUT2D eigenvalue weighted by atomic mass is 9.78. The lowest BCUT2D eigenvalue weighted by molar-refractivity contribution is -0.137. The van der Waals surface area contributed by atoms with Crippen molar-refractivity contribution in [3.05, 3.63) is 80.6 Å². The van der Waals surface area contributed by atoms with Crippen molar-refractivity contribution in [2.75, 3.05) is 19.5 Å². The molecule has 0 fully saturated rings. The summed E-state index contributed by atoms with van der Waals surface area (Å²) in [4.78, 5) is 30.6. The van der Waals surface area contributed by atoms with Gasteiger partial charge in [0, 0.05) is 22.0 Å². The molecule has 3 heterocycles. The normalized spacial score (nSPS) is 18.1. The maximum absolute atomic E-state index is 13.2. The zero-order valence-corrected chi connectivity index (χ0v) is 20.2. The number of thiophene rings is 1. The average Bonchev–Trinajstić information content (AvgIpc) is 3.51. The van der Waals surface area contributed by atoms with E-state index in [2.05, 4.69) is 15.6 Å². The number of nitrogens with zero attached hydrogens (tertiary/aromatic N) is 1. The summed E-state index contributed by atoms with van der Waals surface area (Å²) in [6.45, 7) is 3.66. The molecular weight excluding hydrogens is 458 g/mol. The van der Waals surface area contributed by atoms with Crippen molar-refractivity contribution < 1.29 is 19.1 Å². The summed E-state index contributed by atoms with van der Waals surface area (Å²) in [6, 6.07) is 11.5. The Balaban J connectivity index is 1.90. The zero-order chi connectivity index (χ0) is 23.6. The monoisotopic (exact) mass is 481 g/mol. The molecule has 3 aromatic rings. The van der Waals surface area contributed by atoms with E-state index in [0.717, 1.165) is 16.8 Å². The van der Waals surface area contributed by atoms with Crippen LogP contribution in [0.4, 0.5) is 5.13 Å². The van der Waals surface area contributed by atoms with Gasteiger partial charge in [-0.3, -0.25) is 0 Å². The standard InChI is InChI=1S/C24H23N3O4S2/c1-14-18(21(28)30-3)20(26-23-25-17(13-33-23)15-10-11-32-12-15)19(22(29)31-4)24(2,27-14)16-8-6-5-7-9-16/h5-13,27H,1-4H3,(H,25,26). The van der Waals surface area contributed by atoms with Crippen molar-refractivity contribution in [2.45, 2.75) is 19.4 Å². The van der Waals surface area contributed by atoms with E-state index >= 15 is 0 Å². The Kier molecular flexibility index (Phi) is 6.35. The number of carbonyl (C=O) groups excluding carboxylic acids is 2. The number of aromatic nitrogens is 1. The van der Waals surface area contributed by atoms with Crippen molar-refractivity contribution in [1.82, 2.24) is 10.3 Å². The number of thiazole rings is 1. The van der Waals surface area contributed by atoms with Crippen molar-refractivity contribution in [3.63, 3.8) is 0 Å². The Morgan fingerprint density at radius 1 is 1.06 bits per heavy atom. The second-order valence-electron chi connectivity index (χ2n) is 7.52. The van der Waals surface area contributed by atoms with Crippen molar-refractivity contribution >= 4 is 39.7 Å². The number of methoxy groups -OCH3 is 2. The molecular formula is C24H23N3O4S2. The molecule has 170 valence electrons. The van der Waals surface area contributed by atoms with E-state index in [0.29, 0.717) is 16.5 Å². The molecule has 4 rings (SSSR count). The van der Waals surface area contributed by atoms with Gasteiger partial charge in [0.15, 0.2) is 5.13 Å². The molecule has 0 bridgehead atoms. The molecule has 1 aliphatic heterocycles. The van der Waals surface area contributed by atoms with E-state index in [9.17, 15) is 9.59 Å². The van der Waals surface area contributed by atoms with Crippen molar-refractivity contribution in [1.29, 1.82) is 0 Å². The summed E-state index contributed by atoms with van der Waals surface area (Å²) in [5, 5.41) is 13.1. The summed E-state index contributed by atoms with van der Waals surface area (Å²) in [5.74, 6) is -1.14. The molecule has 2 aromatic heterocycles. The predicted octanol–water partition coefficient (Wildman–Crippen LogP) is 4.68. The van der Waals surface area contributed by atoms with Gasteiger partial charge < -0.3 is 20.1 Å². The topological polar surface area (TPSA) is 89.5 Å². The number of benzene rings is 1. The van der Waals surface area contributed by atoms with Crippen LogP contribution in [0, 0.1) is 0 Å². The number of nitrogens with one attached hydrogen (secondary N) is 2. The van der Waals surface area contributed by atoms with Gasteiger partial charge in [-0.2, -0.15) is 11.3 Å². The molecule has 9 heteroatoms. The van der Waals surface area contributed by atoms with E-state index in [4.69, 9.17) is 9.47 Å². The van der Waals surface area contributed by atoms with Crippen LogP contribution in [0.5, 0.6) is 0 Å². The van der Waals surface area contributed by atoms with Crippen LogP contribution in [0.15, 0.2) is 75.1 Å². The maximum atomic E-state index is 13.2. The number of dihydropyridines is 1. The summed E-state index contributed by atoms with van der Waals surface area (Å²) < 4.78 is 10.2. The van der Waals surface area contributed by atoms with Crippen LogP contribution < -0.4 is 10.6 Å². The van der Waals surface area contributed by atoms with Crippen LogP contribution >= 0.6 is 22.7 Å². The highest BCUT2D eigenvalue weighted by Crippen LogP contribution is 2.40. The fourth-order valence-corrected chi connectivity index (χ4v) is 5.30. The average molecular weight is 482 g/mol. The molecule has 1 aliphatic rings. The number of ether oxygens (including phenoxy) is 2. The molecule has 0 radical (unpaired) electrons. The Bertz CT molecular complexity index is 1250. The van der Waals surface area contributed by atoms with Crippen LogP contribution in [0.25, 0.3) is 11.3 Å². The number of anilines is 1. The number of hydrogen-bond acceptors (Lipinski definition) is 9. The first kappa shape index (κ1) is 22.8. The third kappa shape index (κ3) is 4.17. The highest BCUT2D eigenvalue weighted by atomic mass is 32.1. The number of carbonyl (C=O) groups is 2. The van der Waals surface area contributed by atoms with Gasteiger partial charge in [-0.15, -0.1) is 11.3 Å². The molecule has 7 nitrogen and oxygen atoms in total. The van der Waals surface area contributed by atoms with Gasteiger partial charge in [0.1, 0.15) is 5.57 Å². The maximum Gasteiger partial charge on any atom is 0.341 e. The Morgan fingerprint density at radius 3 is 2.42 bits per heavy atom. The molecule has 0 saturated carbocycles. The minimum absolute atomic E-state index is 0.221. The Labute approximate surface area is 199 Å². The first-order valence-electron chi connectivity index (χ1n) is 10.1. The van der Waals surface area contributed by atoms with Crippen molar-refractivity contribution in [2.24, 2.45) is 0 Å². The van der Waals surface area contributed by atoms with E-state index in [1.165, 1.54) is 25.6 Å². The smallest absolute Gasteiger partial charge is 0.341 e. The first-order valence-corrected chi connectivity index (χ1v) is 11.9. The number of allylic oxidation sites excluding steroid dienone is 1. The van der Waals surface area contributed by atoms with Crippen LogP contribution in [0.1, 0.15) is 19.4 Å². The van der Waals surface area contributed by atoms with Crippen LogP contribution in [-0.2, 0) is 24.6 Å². The molecule has 1 unspecified atom stereocenters. The lowest BCUT2D eigenvalue weighted by Gasteiger charge is -2.39. The fourth-order valence-electron chi connectivity index (χ4n) is 3.92. The van der Waals surface area contributed by atoms with E-state index in [1.54, 1.807) is 18.3 Å². The fraction of sp³-hybridized carbons (Fsp3) is 0.208. The SMILES string of the molecule is COC(=O)C1=C(C)NC(C)(c2ccccc2)C(C(=O)OC)=C1Nc1nc(-c2ccsc2)cs1. The Hall–Kier alpha value is -3.43. The first-order chi connectivity index (χ1) is 15.9. The highest BCUT2D eigenvalue weighted by molar-refractivity contribution is 7.14. The van der Waals surface area contributed by atoms with Crippen LogP contribution in [-0.4, -0.2) is 31.1 Å². The van der Waals surface area contributed by atoms with Crippen LogP contribution in [0.2, 0.25) is 0 Å². The van der Waals surface area contributed by atoms with Gasteiger partial charge in [-0.05, 0) is 30.9 Å². The molecule has 1 atom stereocenters. The quantitative estimate of drug-likeness (QED) is 0.494. The minimum atomic E-state index is -0.967. The van der Waals surface area contributed by atoms with E-state index < -0.39 is 17.5 Å². The second kappa shape index (κ2) is 9.21. The summed E-state index contributed by atoms with van der Waals surface area (Å²) >= 11 is 2.97. The Morgan fingerprint density at radius 2 is 1.79 bits per heavy atom. The third-order valence-electron chi connectivity index (χ3n) is 5.50. The van der Waals surface area contributed by atoms with Crippen LogP contribution in [0.3, 0.4) is 0 Å². The van der Waals surface area contributed by atoms with E-state index in [-0.39, 0.29) is 11.1 Å². The highest BCUT2D eigenvalue weighted by Gasteiger charge is 2.44. The zero-order valence-electron chi connectivity index (χ0n) is 18.6. The third-order valence-corrected chi connectivity index (χ3v) is 6.94. The van der Waals surface area contributed by atoms with Gasteiger partial charge in [-0.25, -0.2) is 14.6 Å². The van der Waals surface area contributed by atoms with E-state index in [1.807, 2.05) is 59.5 Å². The molecule has 33 heavy (non-hydrogen) atoms. The molecule has 1 aromatic carbocycles. The molecule has 0 aliphatic carbocycles. The van der Waals surface area contributed by atoms with Gasteiger partial charge in [0.05, 0.1) is 36.7 Å². The van der Waals surface area contributed by atoms with Gasteiger partial charge in [0.2, 0.25) is 0 Å². The lowest BCUT2D eigenvalue weighted by Crippen LogP contribution is -2.48. The summed E-state index contributed by atoms with van der Waals surface area (Å²) in [6.07, 6.45) is 0. The minimum Gasteiger partial charge on any atom is -0.466 e. The number of hydrogen-bond donors (Lipinski definition) is 2. The predicted molar refractivity (Wildman–Crippen MR) is 130 cm³/mol. The molecule has 2 N–H and O–H groups in total. The molecule has 0 amide bonds. The van der Waals surface area contributed by atoms with Crippen molar-refractivity contribution in [3.8, 4) is 11.3 Å². The number of esters is 2. The molecule has 0 saturated heterocycles.